The number of nitrogens with zero attached hydrogens (tertiary/aromatic N) is 2. The number of hydrogen-bond donors (Lipinski definition) is 0. The lowest BCUT2D eigenvalue weighted by Gasteiger charge is -2.44. The van der Waals surface area contributed by atoms with E-state index in [2.05, 4.69) is 24.8 Å². The van der Waals surface area contributed by atoms with Gasteiger partial charge in [0, 0.05) is 6.04 Å². The summed E-state index contributed by atoms with van der Waals surface area (Å²) in [5.74, 6) is 0.301. The van der Waals surface area contributed by atoms with Crippen molar-refractivity contribution in [1.29, 1.82) is 5.26 Å². The zero-order chi connectivity index (χ0) is 12.3. The molecule has 1 saturated carbocycles. The molecule has 2 unspecified atom stereocenters. The highest BCUT2D eigenvalue weighted by molar-refractivity contribution is 4.97. The maximum atomic E-state index is 9.26. The van der Waals surface area contributed by atoms with Crippen LogP contribution in [0.4, 0.5) is 0 Å². The topological polar surface area (TPSA) is 27.0 Å². The van der Waals surface area contributed by atoms with Gasteiger partial charge in [-0.1, -0.05) is 33.1 Å². The van der Waals surface area contributed by atoms with Crippen LogP contribution in [0.15, 0.2) is 0 Å². The van der Waals surface area contributed by atoms with E-state index in [4.69, 9.17) is 0 Å². The summed E-state index contributed by atoms with van der Waals surface area (Å²) < 4.78 is 0. The Morgan fingerprint density at radius 1 is 1.24 bits per heavy atom. The molecule has 17 heavy (non-hydrogen) atoms. The lowest BCUT2D eigenvalue weighted by atomic mass is 9.76. The lowest BCUT2D eigenvalue weighted by Crippen LogP contribution is -2.48. The first kappa shape index (κ1) is 12.9. The smallest absolute Gasteiger partial charge is 0.0672 e. The quantitative estimate of drug-likeness (QED) is 0.730. The number of nitriles is 1. The second-order valence-electron chi connectivity index (χ2n) is 6.29. The number of piperidine rings is 1. The Balaban J connectivity index is 1.93. The minimum absolute atomic E-state index is 0.301. The van der Waals surface area contributed by atoms with E-state index >= 15 is 0 Å². The van der Waals surface area contributed by atoms with Crippen molar-refractivity contribution < 1.29 is 0 Å². The highest BCUT2D eigenvalue weighted by Crippen LogP contribution is 2.37. The third-order valence-corrected chi connectivity index (χ3v) is 5.22. The molecule has 0 bridgehead atoms. The summed E-state index contributed by atoms with van der Waals surface area (Å²) in [5.41, 5.74) is 0.563. The first-order valence-electron chi connectivity index (χ1n) is 7.32. The first-order chi connectivity index (χ1) is 8.18. The van der Waals surface area contributed by atoms with E-state index < -0.39 is 0 Å². The fraction of sp³-hybridized carbons (Fsp3) is 0.933. The number of likely N-dealkylation sites (tertiary alicyclic amines) is 1. The molecule has 2 nitrogen and oxygen atoms in total. The molecule has 1 saturated heterocycles. The van der Waals surface area contributed by atoms with Crippen LogP contribution in [0.25, 0.3) is 0 Å². The summed E-state index contributed by atoms with van der Waals surface area (Å²) in [5, 5.41) is 9.26. The summed E-state index contributed by atoms with van der Waals surface area (Å²) in [7, 11) is 0. The Morgan fingerprint density at radius 3 is 2.47 bits per heavy atom. The molecule has 0 radical (unpaired) electrons. The van der Waals surface area contributed by atoms with Gasteiger partial charge in [-0.25, -0.2) is 0 Å². The summed E-state index contributed by atoms with van der Waals surface area (Å²) in [6.45, 7) is 7.17. The fourth-order valence-corrected chi connectivity index (χ4v) is 3.45. The molecule has 0 aromatic heterocycles. The molecule has 96 valence electrons. The molecule has 2 heteroatoms. The molecule has 0 amide bonds. The second-order valence-corrected chi connectivity index (χ2v) is 6.29. The molecule has 0 aromatic rings. The van der Waals surface area contributed by atoms with E-state index in [1.807, 2.05) is 0 Å². The summed E-state index contributed by atoms with van der Waals surface area (Å²) >= 11 is 0. The predicted molar refractivity (Wildman–Crippen MR) is 70.6 cm³/mol. The van der Waals surface area contributed by atoms with E-state index in [0.717, 1.165) is 6.42 Å². The standard InChI is InChI=1S/C15H26N2/c1-3-15(2)8-10-17(11-9-15)14-7-5-4-6-13(14)12-16/h13-14H,3-11H2,1-2H3. The molecule has 0 N–H and O–H groups in total. The second kappa shape index (κ2) is 5.40. The van der Waals surface area contributed by atoms with Gasteiger partial charge in [0.25, 0.3) is 0 Å². The van der Waals surface area contributed by atoms with Crippen LogP contribution in [0.2, 0.25) is 0 Å². The van der Waals surface area contributed by atoms with E-state index in [1.54, 1.807) is 0 Å². The van der Waals surface area contributed by atoms with Crippen LogP contribution in [0.1, 0.15) is 58.8 Å². The minimum atomic E-state index is 0.301. The Hall–Kier alpha value is -0.550. The van der Waals surface area contributed by atoms with Crippen molar-refractivity contribution >= 4 is 0 Å². The molecule has 1 aliphatic carbocycles. The molecule has 2 fully saturated rings. The van der Waals surface area contributed by atoms with Crippen molar-refractivity contribution in [1.82, 2.24) is 4.90 Å². The van der Waals surface area contributed by atoms with Gasteiger partial charge in [0.1, 0.15) is 0 Å². The van der Waals surface area contributed by atoms with Crippen LogP contribution in [-0.2, 0) is 0 Å². The molecule has 1 heterocycles. The first-order valence-corrected chi connectivity index (χ1v) is 7.32. The molecule has 0 aromatic carbocycles. The van der Waals surface area contributed by atoms with Crippen molar-refractivity contribution in [3.63, 3.8) is 0 Å². The number of rotatable bonds is 2. The molecule has 0 spiro atoms. The fourth-order valence-electron chi connectivity index (χ4n) is 3.45. The maximum Gasteiger partial charge on any atom is 0.0672 e. The molecular weight excluding hydrogens is 208 g/mol. The van der Waals surface area contributed by atoms with Gasteiger partial charge >= 0.3 is 0 Å². The summed E-state index contributed by atoms with van der Waals surface area (Å²) in [6.07, 6.45) is 8.90. The Kier molecular flexibility index (Phi) is 4.09. The average Bonchev–Trinajstić information content (AvgIpc) is 2.40. The third-order valence-electron chi connectivity index (χ3n) is 5.22. The van der Waals surface area contributed by atoms with Gasteiger partial charge in [0.2, 0.25) is 0 Å². The monoisotopic (exact) mass is 234 g/mol. The SMILES string of the molecule is CCC1(C)CCN(C2CCCCC2C#N)CC1. The Labute approximate surface area is 106 Å². The van der Waals surface area contributed by atoms with Gasteiger partial charge in [0.15, 0.2) is 0 Å². The van der Waals surface area contributed by atoms with Gasteiger partial charge in [-0.3, -0.25) is 4.90 Å². The van der Waals surface area contributed by atoms with Crippen LogP contribution in [-0.4, -0.2) is 24.0 Å². The van der Waals surface area contributed by atoms with Gasteiger partial charge in [0.05, 0.1) is 12.0 Å². The van der Waals surface area contributed by atoms with Gasteiger partial charge in [-0.15, -0.1) is 0 Å². The zero-order valence-electron chi connectivity index (χ0n) is 11.4. The van der Waals surface area contributed by atoms with Crippen molar-refractivity contribution in [3.8, 4) is 6.07 Å². The van der Waals surface area contributed by atoms with Gasteiger partial charge < -0.3 is 0 Å². The largest absolute Gasteiger partial charge is 0.299 e. The van der Waals surface area contributed by atoms with E-state index in [0.29, 0.717) is 17.4 Å². The van der Waals surface area contributed by atoms with Crippen LogP contribution in [0, 0.1) is 22.7 Å². The van der Waals surface area contributed by atoms with E-state index in [-0.39, 0.29) is 0 Å². The van der Waals surface area contributed by atoms with Gasteiger partial charge in [-0.2, -0.15) is 5.26 Å². The molecule has 2 rings (SSSR count). The summed E-state index contributed by atoms with van der Waals surface area (Å²) in [4.78, 5) is 2.62. The molecule has 2 atom stereocenters. The highest BCUT2D eigenvalue weighted by atomic mass is 15.2. The zero-order valence-corrected chi connectivity index (χ0v) is 11.4. The van der Waals surface area contributed by atoms with Crippen LogP contribution in [0.3, 0.4) is 0 Å². The van der Waals surface area contributed by atoms with Crippen molar-refractivity contribution in [3.05, 3.63) is 0 Å². The van der Waals surface area contributed by atoms with Crippen LogP contribution in [0.5, 0.6) is 0 Å². The van der Waals surface area contributed by atoms with Crippen LogP contribution >= 0.6 is 0 Å². The average molecular weight is 234 g/mol. The summed E-state index contributed by atoms with van der Waals surface area (Å²) in [6, 6.07) is 3.11. The minimum Gasteiger partial charge on any atom is -0.299 e. The van der Waals surface area contributed by atoms with Crippen LogP contribution < -0.4 is 0 Å². The van der Waals surface area contributed by atoms with Crippen molar-refractivity contribution in [2.45, 2.75) is 64.8 Å². The van der Waals surface area contributed by atoms with Crippen molar-refractivity contribution in [2.75, 3.05) is 13.1 Å². The van der Waals surface area contributed by atoms with Gasteiger partial charge in [-0.05, 0) is 44.2 Å². The van der Waals surface area contributed by atoms with E-state index in [1.165, 1.54) is 51.6 Å². The Morgan fingerprint density at radius 2 is 1.88 bits per heavy atom. The van der Waals surface area contributed by atoms with E-state index in [9.17, 15) is 5.26 Å². The number of hydrogen-bond acceptors (Lipinski definition) is 2. The molecule has 1 aliphatic heterocycles. The molecular formula is C15H26N2. The lowest BCUT2D eigenvalue weighted by molar-refractivity contribution is 0.0510. The normalized spacial score (nSPS) is 34.2. The Bertz CT molecular complexity index is 284. The predicted octanol–water partition coefficient (Wildman–Crippen LogP) is 3.58. The maximum absolute atomic E-state index is 9.26. The third kappa shape index (κ3) is 2.83. The van der Waals surface area contributed by atoms with Crippen molar-refractivity contribution in [2.24, 2.45) is 11.3 Å². The highest BCUT2D eigenvalue weighted by Gasteiger charge is 2.35. The molecule has 2 aliphatic rings.